The van der Waals surface area contributed by atoms with Crippen molar-refractivity contribution in [3.8, 4) is 0 Å². The first-order valence-corrected chi connectivity index (χ1v) is 6.13. The second kappa shape index (κ2) is 4.71. The fourth-order valence-corrected chi connectivity index (χ4v) is 2.46. The summed E-state index contributed by atoms with van der Waals surface area (Å²) in [6, 6.07) is 0. The van der Waals surface area contributed by atoms with Gasteiger partial charge in [0, 0.05) is 43.8 Å². The zero-order chi connectivity index (χ0) is 11.5. The van der Waals surface area contributed by atoms with Gasteiger partial charge in [0.05, 0.1) is 6.54 Å². The Morgan fingerprint density at radius 1 is 1.41 bits per heavy atom. The number of nitrogens with one attached hydrogen (secondary N) is 2. The van der Waals surface area contributed by atoms with E-state index in [0.717, 1.165) is 25.5 Å². The van der Waals surface area contributed by atoms with Gasteiger partial charge in [-0.05, 0) is 12.8 Å². The number of aromatic nitrogens is 4. The molecule has 5 heteroatoms. The molecule has 0 amide bonds. The van der Waals surface area contributed by atoms with Crippen LogP contribution >= 0.6 is 0 Å². The molecule has 0 aromatic carbocycles. The summed E-state index contributed by atoms with van der Waals surface area (Å²) >= 11 is 0. The lowest BCUT2D eigenvalue weighted by molar-refractivity contribution is 0.421. The van der Waals surface area contributed by atoms with E-state index in [1.165, 1.54) is 18.7 Å². The van der Waals surface area contributed by atoms with E-state index < -0.39 is 0 Å². The van der Waals surface area contributed by atoms with Crippen LogP contribution in [0.5, 0.6) is 0 Å². The first-order chi connectivity index (χ1) is 8.43. The molecule has 0 radical (unpaired) electrons. The van der Waals surface area contributed by atoms with Crippen molar-refractivity contribution in [1.82, 2.24) is 24.8 Å². The van der Waals surface area contributed by atoms with Crippen LogP contribution in [0.4, 0.5) is 0 Å². The van der Waals surface area contributed by atoms with E-state index in [-0.39, 0.29) is 0 Å². The van der Waals surface area contributed by atoms with Crippen LogP contribution in [0.15, 0.2) is 24.8 Å². The number of nitrogens with zero attached hydrogens (tertiary/aromatic N) is 3. The largest absolute Gasteiger partial charge is 0.348 e. The summed E-state index contributed by atoms with van der Waals surface area (Å²) in [6.07, 6.45) is 10.1. The highest BCUT2D eigenvalue weighted by atomic mass is 15.1. The van der Waals surface area contributed by atoms with Crippen molar-refractivity contribution >= 4 is 0 Å². The van der Waals surface area contributed by atoms with E-state index in [9.17, 15) is 0 Å². The van der Waals surface area contributed by atoms with Gasteiger partial charge in [-0.15, -0.1) is 0 Å². The van der Waals surface area contributed by atoms with Gasteiger partial charge in [-0.3, -0.25) is 0 Å². The number of fused-ring (bicyclic) bond motifs is 1. The molecule has 2 aromatic rings. The molecule has 2 N–H and O–H groups in total. The highest BCUT2D eigenvalue weighted by Gasteiger charge is 2.20. The normalized spacial score (nSPS) is 19.2. The molecule has 0 bridgehead atoms. The van der Waals surface area contributed by atoms with Crippen LogP contribution in [0.2, 0.25) is 0 Å². The molecule has 0 unspecified atom stereocenters. The predicted molar refractivity (Wildman–Crippen MR) is 64.5 cm³/mol. The minimum Gasteiger partial charge on any atom is -0.348 e. The van der Waals surface area contributed by atoms with E-state index in [2.05, 4.69) is 31.0 Å². The van der Waals surface area contributed by atoms with Gasteiger partial charge in [0.15, 0.2) is 0 Å². The summed E-state index contributed by atoms with van der Waals surface area (Å²) < 4.78 is 2.27. The summed E-state index contributed by atoms with van der Waals surface area (Å²) in [5, 5.41) is 3.44. The van der Waals surface area contributed by atoms with Crippen LogP contribution in [0, 0.1) is 0 Å². The molecule has 90 valence electrons. The fourth-order valence-electron chi connectivity index (χ4n) is 2.46. The molecule has 3 heterocycles. The summed E-state index contributed by atoms with van der Waals surface area (Å²) in [6.45, 7) is 2.88. The van der Waals surface area contributed by atoms with E-state index in [1.807, 2.05) is 12.4 Å². The van der Waals surface area contributed by atoms with Crippen LogP contribution < -0.4 is 5.32 Å². The van der Waals surface area contributed by atoms with Gasteiger partial charge in [0.2, 0.25) is 0 Å². The third-order valence-electron chi connectivity index (χ3n) is 3.30. The maximum Gasteiger partial charge on any atom is 0.120 e. The summed E-state index contributed by atoms with van der Waals surface area (Å²) in [5.41, 5.74) is 0. The number of H-pyrrole nitrogens is 1. The van der Waals surface area contributed by atoms with Gasteiger partial charge < -0.3 is 14.9 Å². The Bertz CT molecular complexity index is 459. The van der Waals surface area contributed by atoms with Crippen molar-refractivity contribution in [3.05, 3.63) is 36.4 Å². The van der Waals surface area contributed by atoms with Crippen molar-refractivity contribution in [3.63, 3.8) is 0 Å². The third kappa shape index (κ3) is 2.24. The van der Waals surface area contributed by atoms with Gasteiger partial charge in [-0.1, -0.05) is 0 Å². The first-order valence-electron chi connectivity index (χ1n) is 6.13. The van der Waals surface area contributed by atoms with Crippen molar-refractivity contribution in [2.75, 3.05) is 6.54 Å². The monoisotopic (exact) mass is 231 g/mol. The molecule has 1 atom stereocenters. The summed E-state index contributed by atoms with van der Waals surface area (Å²) in [7, 11) is 0. The number of aryl methyl sites for hydroxylation is 1. The minimum atomic E-state index is 0.536. The third-order valence-corrected chi connectivity index (χ3v) is 3.30. The van der Waals surface area contributed by atoms with Crippen LogP contribution in [-0.4, -0.2) is 26.1 Å². The van der Waals surface area contributed by atoms with Crippen LogP contribution in [0.1, 0.15) is 30.4 Å². The second-order valence-corrected chi connectivity index (χ2v) is 4.48. The second-order valence-electron chi connectivity index (χ2n) is 4.48. The van der Waals surface area contributed by atoms with Crippen molar-refractivity contribution in [1.29, 1.82) is 0 Å². The molecule has 1 aliphatic heterocycles. The quantitative estimate of drug-likeness (QED) is 0.833. The molecule has 0 aliphatic carbocycles. The Kier molecular flexibility index (Phi) is 2.92. The van der Waals surface area contributed by atoms with Crippen molar-refractivity contribution < 1.29 is 0 Å². The molecule has 2 aromatic heterocycles. The number of hydrogen-bond acceptors (Lipinski definition) is 3. The fraction of sp³-hybridized carbons (Fsp3) is 0.500. The van der Waals surface area contributed by atoms with Crippen LogP contribution in [0.3, 0.4) is 0 Å². The van der Waals surface area contributed by atoms with Crippen molar-refractivity contribution in [2.24, 2.45) is 0 Å². The molecule has 0 saturated heterocycles. The lowest BCUT2D eigenvalue weighted by Crippen LogP contribution is -2.26. The van der Waals surface area contributed by atoms with Gasteiger partial charge in [0.1, 0.15) is 11.6 Å². The molecular formula is C12H17N5. The lowest BCUT2D eigenvalue weighted by Gasteiger charge is -2.23. The Balaban J connectivity index is 1.57. The maximum atomic E-state index is 4.45. The lowest BCUT2D eigenvalue weighted by atomic mass is 9.99. The Hall–Kier alpha value is -1.62. The summed E-state index contributed by atoms with van der Waals surface area (Å²) in [5.74, 6) is 2.75. The topological polar surface area (TPSA) is 58.5 Å². The van der Waals surface area contributed by atoms with Crippen LogP contribution in [-0.2, 0) is 13.1 Å². The standard InChI is InChI=1S/C12H17N5/c1-2-10(12-16-5-7-17(12)6-1)8-13-9-11-14-3-4-15-11/h3-5,7,10,13H,1-2,6,8-9H2,(H,14,15)/t10-/m0/s1. The average molecular weight is 231 g/mol. The Morgan fingerprint density at radius 3 is 3.29 bits per heavy atom. The number of imidazole rings is 2. The van der Waals surface area contributed by atoms with E-state index in [0.29, 0.717) is 5.92 Å². The highest BCUT2D eigenvalue weighted by Crippen LogP contribution is 2.24. The molecular weight excluding hydrogens is 214 g/mol. The molecule has 5 nitrogen and oxygen atoms in total. The van der Waals surface area contributed by atoms with Gasteiger partial charge in [0.25, 0.3) is 0 Å². The number of rotatable bonds is 4. The smallest absolute Gasteiger partial charge is 0.120 e. The first kappa shape index (κ1) is 10.5. The molecule has 0 spiro atoms. The van der Waals surface area contributed by atoms with E-state index >= 15 is 0 Å². The Morgan fingerprint density at radius 2 is 2.41 bits per heavy atom. The molecule has 0 fully saturated rings. The molecule has 17 heavy (non-hydrogen) atoms. The van der Waals surface area contributed by atoms with Gasteiger partial charge in [-0.25, -0.2) is 9.97 Å². The summed E-state index contributed by atoms with van der Waals surface area (Å²) in [4.78, 5) is 11.7. The molecule has 0 saturated carbocycles. The van der Waals surface area contributed by atoms with Gasteiger partial charge in [-0.2, -0.15) is 0 Å². The molecule has 3 rings (SSSR count). The average Bonchev–Trinajstić information content (AvgIpc) is 2.99. The Labute approximate surface area is 100 Å². The predicted octanol–water partition coefficient (Wildman–Crippen LogP) is 1.27. The van der Waals surface area contributed by atoms with E-state index in [1.54, 1.807) is 6.20 Å². The number of aromatic amines is 1. The zero-order valence-corrected chi connectivity index (χ0v) is 9.76. The molecule has 1 aliphatic rings. The maximum absolute atomic E-state index is 4.45. The van der Waals surface area contributed by atoms with Gasteiger partial charge >= 0.3 is 0 Å². The van der Waals surface area contributed by atoms with Crippen LogP contribution in [0.25, 0.3) is 0 Å². The number of hydrogen-bond donors (Lipinski definition) is 2. The van der Waals surface area contributed by atoms with Crippen molar-refractivity contribution in [2.45, 2.75) is 31.8 Å². The van der Waals surface area contributed by atoms with E-state index in [4.69, 9.17) is 0 Å². The zero-order valence-electron chi connectivity index (χ0n) is 9.76. The minimum absolute atomic E-state index is 0.536. The SMILES string of the molecule is c1c[nH]c(CNC[C@@H]2CCCn3ccnc32)n1. The highest BCUT2D eigenvalue weighted by molar-refractivity contribution is 5.04.